The number of anilines is 3. The number of benzene rings is 1. The molecule has 0 bridgehead atoms. The number of nitrogens with one attached hydrogen (secondary N) is 2. The van der Waals surface area contributed by atoms with Gasteiger partial charge in [0.25, 0.3) is 0 Å². The van der Waals surface area contributed by atoms with Crippen LogP contribution in [0.4, 0.5) is 17.1 Å². The highest BCUT2D eigenvalue weighted by molar-refractivity contribution is 6.00. The van der Waals surface area contributed by atoms with E-state index in [0.29, 0.717) is 24.3 Å². The van der Waals surface area contributed by atoms with Crippen molar-refractivity contribution in [2.45, 2.75) is 38.3 Å². The Labute approximate surface area is 112 Å². The Morgan fingerprint density at radius 3 is 3.00 bits per heavy atom. The van der Waals surface area contributed by atoms with E-state index in [-0.39, 0.29) is 5.91 Å². The molecule has 5 nitrogen and oxygen atoms in total. The van der Waals surface area contributed by atoms with E-state index in [0.717, 1.165) is 36.4 Å². The molecule has 0 saturated heterocycles. The molecule has 1 heterocycles. The first-order valence-corrected chi connectivity index (χ1v) is 6.76. The first-order valence-electron chi connectivity index (χ1n) is 6.76. The Balaban J connectivity index is 1.66. The summed E-state index contributed by atoms with van der Waals surface area (Å²) in [7, 11) is 0. The molecule has 0 atom stereocenters. The van der Waals surface area contributed by atoms with E-state index in [1.54, 1.807) is 0 Å². The summed E-state index contributed by atoms with van der Waals surface area (Å²) < 4.78 is 5.54. The lowest BCUT2D eigenvalue weighted by Gasteiger charge is -2.36. The van der Waals surface area contributed by atoms with Gasteiger partial charge in [0, 0.05) is 18.3 Å². The number of hydrogen-bond acceptors (Lipinski definition) is 4. The van der Waals surface area contributed by atoms with Crippen LogP contribution >= 0.6 is 0 Å². The lowest BCUT2D eigenvalue weighted by molar-refractivity contribution is -0.115. The minimum absolute atomic E-state index is 0.0339. The van der Waals surface area contributed by atoms with Gasteiger partial charge in [0.05, 0.1) is 23.9 Å². The van der Waals surface area contributed by atoms with Crippen molar-refractivity contribution >= 4 is 23.0 Å². The number of fused-ring (bicyclic) bond motifs is 1. The molecule has 0 radical (unpaired) electrons. The molecule has 1 fully saturated rings. The van der Waals surface area contributed by atoms with E-state index in [4.69, 9.17) is 10.5 Å². The van der Waals surface area contributed by atoms with E-state index >= 15 is 0 Å². The molecule has 0 unspecified atom stereocenters. The maximum Gasteiger partial charge on any atom is 0.228 e. The minimum Gasteiger partial charge on any atom is -0.397 e. The second kappa shape index (κ2) is 4.74. The van der Waals surface area contributed by atoms with Gasteiger partial charge in [-0.05, 0) is 37.5 Å². The molecule has 2 aliphatic rings. The predicted octanol–water partition coefficient (Wildman–Crippen LogP) is 1.74. The van der Waals surface area contributed by atoms with Crippen LogP contribution in [0.2, 0.25) is 0 Å². The standard InChI is InChI=1S/C14H19N3O2/c1-2-19-10-5-9(6-10)16-13-7-12-8(3-11(13)15)4-14(18)17-12/h3,7,9-10,16H,2,4-6,15H2,1H3,(H,17,18). The first kappa shape index (κ1) is 12.3. The van der Waals surface area contributed by atoms with Gasteiger partial charge >= 0.3 is 0 Å². The fourth-order valence-electron chi connectivity index (χ4n) is 2.69. The number of nitrogens with two attached hydrogens (primary N) is 1. The van der Waals surface area contributed by atoms with Gasteiger partial charge in [-0.2, -0.15) is 0 Å². The van der Waals surface area contributed by atoms with Crippen molar-refractivity contribution in [3.63, 3.8) is 0 Å². The molecular formula is C14H19N3O2. The van der Waals surface area contributed by atoms with Crippen molar-refractivity contribution in [2.24, 2.45) is 0 Å². The fourth-order valence-corrected chi connectivity index (χ4v) is 2.69. The van der Waals surface area contributed by atoms with Crippen LogP contribution in [0, 0.1) is 0 Å². The zero-order chi connectivity index (χ0) is 13.4. The molecule has 1 aliphatic carbocycles. The van der Waals surface area contributed by atoms with Crippen molar-refractivity contribution < 1.29 is 9.53 Å². The zero-order valence-electron chi connectivity index (χ0n) is 11.0. The molecule has 1 aromatic carbocycles. The highest BCUT2D eigenvalue weighted by atomic mass is 16.5. The van der Waals surface area contributed by atoms with Crippen molar-refractivity contribution in [1.29, 1.82) is 0 Å². The average molecular weight is 261 g/mol. The van der Waals surface area contributed by atoms with Gasteiger partial charge in [0.2, 0.25) is 5.91 Å². The molecule has 1 aliphatic heterocycles. The van der Waals surface area contributed by atoms with Crippen LogP contribution in [0.1, 0.15) is 25.3 Å². The van der Waals surface area contributed by atoms with Crippen LogP contribution in [0.3, 0.4) is 0 Å². The maximum atomic E-state index is 11.3. The number of nitrogen functional groups attached to an aromatic ring is 1. The summed E-state index contributed by atoms with van der Waals surface area (Å²) in [5.41, 5.74) is 9.49. The third kappa shape index (κ3) is 2.38. The number of ether oxygens (including phenoxy) is 1. The van der Waals surface area contributed by atoms with Crippen LogP contribution in [0.25, 0.3) is 0 Å². The Hall–Kier alpha value is -1.75. The molecule has 102 valence electrons. The van der Waals surface area contributed by atoms with Crippen LogP contribution in [0.15, 0.2) is 12.1 Å². The molecule has 1 amide bonds. The summed E-state index contributed by atoms with van der Waals surface area (Å²) in [5, 5.41) is 6.27. The third-order valence-electron chi connectivity index (χ3n) is 3.76. The summed E-state index contributed by atoms with van der Waals surface area (Å²) >= 11 is 0. The number of carbonyl (C=O) groups is 1. The minimum atomic E-state index is 0.0339. The smallest absolute Gasteiger partial charge is 0.228 e. The van der Waals surface area contributed by atoms with Crippen molar-refractivity contribution in [3.05, 3.63) is 17.7 Å². The molecule has 0 spiro atoms. The van der Waals surface area contributed by atoms with E-state index in [1.807, 2.05) is 19.1 Å². The van der Waals surface area contributed by atoms with E-state index in [1.165, 1.54) is 0 Å². The van der Waals surface area contributed by atoms with Gasteiger partial charge in [0.15, 0.2) is 0 Å². The Kier molecular flexibility index (Phi) is 3.06. The Morgan fingerprint density at radius 2 is 2.26 bits per heavy atom. The summed E-state index contributed by atoms with van der Waals surface area (Å²) in [5.74, 6) is 0.0339. The van der Waals surface area contributed by atoms with Crippen LogP contribution in [0.5, 0.6) is 0 Å². The largest absolute Gasteiger partial charge is 0.397 e. The molecule has 19 heavy (non-hydrogen) atoms. The van der Waals surface area contributed by atoms with Crippen LogP contribution in [-0.4, -0.2) is 24.7 Å². The van der Waals surface area contributed by atoms with Crippen LogP contribution in [-0.2, 0) is 16.0 Å². The summed E-state index contributed by atoms with van der Waals surface area (Å²) in [4.78, 5) is 11.3. The van der Waals surface area contributed by atoms with Crippen LogP contribution < -0.4 is 16.4 Å². The predicted molar refractivity (Wildman–Crippen MR) is 75.2 cm³/mol. The second-order valence-electron chi connectivity index (χ2n) is 5.21. The quantitative estimate of drug-likeness (QED) is 0.722. The molecule has 4 N–H and O–H groups in total. The normalized spacial score (nSPS) is 24.6. The van der Waals surface area contributed by atoms with E-state index < -0.39 is 0 Å². The van der Waals surface area contributed by atoms with Crippen molar-refractivity contribution in [1.82, 2.24) is 0 Å². The van der Waals surface area contributed by atoms with Gasteiger partial charge < -0.3 is 21.1 Å². The number of carbonyl (C=O) groups excluding carboxylic acids is 1. The second-order valence-corrected chi connectivity index (χ2v) is 5.21. The van der Waals surface area contributed by atoms with Gasteiger partial charge in [-0.1, -0.05) is 0 Å². The number of hydrogen-bond donors (Lipinski definition) is 3. The average Bonchev–Trinajstić information content (AvgIpc) is 2.66. The first-order chi connectivity index (χ1) is 9.15. The summed E-state index contributed by atoms with van der Waals surface area (Å²) in [6.07, 6.45) is 2.82. The highest BCUT2D eigenvalue weighted by Gasteiger charge is 2.30. The molecular weight excluding hydrogens is 242 g/mol. The lowest BCUT2D eigenvalue weighted by atomic mass is 9.89. The number of rotatable bonds is 4. The third-order valence-corrected chi connectivity index (χ3v) is 3.76. The zero-order valence-corrected chi connectivity index (χ0v) is 11.0. The molecule has 3 rings (SSSR count). The molecule has 0 aromatic heterocycles. The molecule has 5 heteroatoms. The van der Waals surface area contributed by atoms with Crippen molar-refractivity contribution in [3.8, 4) is 0 Å². The SMILES string of the molecule is CCOC1CC(Nc2cc3c(cc2N)CC(=O)N3)C1. The Bertz CT molecular complexity index is 510. The Morgan fingerprint density at radius 1 is 1.47 bits per heavy atom. The van der Waals surface area contributed by atoms with Gasteiger partial charge in [0.1, 0.15) is 0 Å². The maximum absolute atomic E-state index is 11.3. The molecule has 1 saturated carbocycles. The van der Waals surface area contributed by atoms with Gasteiger partial charge in [-0.15, -0.1) is 0 Å². The highest BCUT2D eigenvalue weighted by Crippen LogP contribution is 2.34. The monoisotopic (exact) mass is 261 g/mol. The topological polar surface area (TPSA) is 76.4 Å². The summed E-state index contributed by atoms with van der Waals surface area (Å²) in [6, 6.07) is 4.23. The fraction of sp³-hybridized carbons (Fsp3) is 0.500. The van der Waals surface area contributed by atoms with Crippen molar-refractivity contribution in [2.75, 3.05) is 23.0 Å². The van der Waals surface area contributed by atoms with E-state index in [9.17, 15) is 4.79 Å². The molecule has 1 aromatic rings. The lowest BCUT2D eigenvalue weighted by Crippen LogP contribution is -2.40. The van der Waals surface area contributed by atoms with Gasteiger partial charge in [-0.25, -0.2) is 0 Å². The summed E-state index contributed by atoms with van der Waals surface area (Å²) in [6.45, 7) is 2.78. The number of amides is 1. The van der Waals surface area contributed by atoms with Gasteiger partial charge in [-0.3, -0.25) is 4.79 Å². The van der Waals surface area contributed by atoms with E-state index in [2.05, 4.69) is 10.6 Å².